The summed E-state index contributed by atoms with van der Waals surface area (Å²) in [4.78, 5) is 21.2. The van der Waals surface area contributed by atoms with Crippen molar-refractivity contribution in [2.24, 2.45) is 5.92 Å². The van der Waals surface area contributed by atoms with E-state index in [2.05, 4.69) is 40.1 Å². The SMILES string of the molecule is C[C@H]1CCN(CC(=O)N2CC=C(c3ccc(-c4ncn(CC(C)(C)O)n4)cc3)CC2)C1. The lowest BCUT2D eigenvalue weighted by Gasteiger charge is -2.28. The first-order chi connectivity index (χ1) is 14.8. The molecule has 7 nitrogen and oxygen atoms in total. The second-order valence-electron chi connectivity index (χ2n) is 9.60. The highest BCUT2D eigenvalue weighted by Crippen LogP contribution is 2.25. The van der Waals surface area contributed by atoms with Crippen LogP contribution in [0.2, 0.25) is 0 Å². The van der Waals surface area contributed by atoms with Gasteiger partial charge in [0.2, 0.25) is 5.91 Å². The van der Waals surface area contributed by atoms with Crippen molar-refractivity contribution in [2.75, 3.05) is 32.7 Å². The third-order valence-corrected chi connectivity index (χ3v) is 6.03. The highest BCUT2D eigenvalue weighted by Gasteiger charge is 2.24. The fraction of sp³-hybridized carbons (Fsp3) is 0.542. The van der Waals surface area contributed by atoms with E-state index in [1.165, 1.54) is 17.6 Å². The van der Waals surface area contributed by atoms with Gasteiger partial charge in [0.15, 0.2) is 5.82 Å². The summed E-state index contributed by atoms with van der Waals surface area (Å²) < 4.78 is 1.67. The molecule has 4 rings (SSSR count). The van der Waals surface area contributed by atoms with Gasteiger partial charge in [-0.15, -0.1) is 0 Å². The normalized spacial score (nSPS) is 20.2. The van der Waals surface area contributed by atoms with Gasteiger partial charge in [0.05, 0.1) is 18.7 Å². The summed E-state index contributed by atoms with van der Waals surface area (Å²) in [7, 11) is 0. The first-order valence-corrected chi connectivity index (χ1v) is 11.2. The van der Waals surface area contributed by atoms with E-state index in [-0.39, 0.29) is 5.91 Å². The van der Waals surface area contributed by atoms with E-state index in [0.29, 0.717) is 31.4 Å². The van der Waals surface area contributed by atoms with Crippen molar-refractivity contribution >= 4 is 11.5 Å². The molecule has 0 bridgehead atoms. The van der Waals surface area contributed by atoms with Crippen LogP contribution < -0.4 is 0 Å². The van der Waals surface area contributed by atoms with Crippen molar-refractivity contribution in [3.8, 4) is 11.4 Å². The maximum atomic E-state index is 12.6. The summed E-state index contributed by atoms with van der Waals surface area (Å²) >= 11 is 0. The second kappa shape index (κ2) is 8.93. The molecule has 1 aromatic carbocycles. The molecule has 31 heavy (non-hydrogen) atoms. The molecule has 1 N–H and O–H groups in total. The van der Waals surface area contributed by atoms with Crippen molar-refractivity contribution < 1.29 is 9.90 Å². The number of hydrogen-bond donors (Lipinski definition) is 1. The Balaban J connectivity index is 1.35. The van der Waals surface area contributed by atoms with Gasteiger partial charge in [-0.2, -0.15) is 5.10 Å². The summed E-state index contributed by atoms with van der Waals surface area (Å²) in [6.45, 7) is 10.2. The average molecular weight is 424 g/mol. The average Bonchev–Trinajstić information content (AvgIpc) is 3.36. The first kappa shape index (κ1) is 21.7. The number of carbonyl (C=O) groups excluding carboxylic acids is 1. The summed E-state index contributed by atoms with van der Waals surface area (Å²) in [5.74, 6) is 1.60. The molecule has 1 saturated heterocycles. The molecule has 7 heteroatoms. The molecule has 0 radical (unpaired) electrons. The molecule has 0 saturated carbocycles. The van der Waals surface area contributed by atoms with Gasteiger partial charge in [0.25, 0.3) is 0 Å². The zero-order valence-electron chi connectivity index (χ0n) is 18.8. The molecule has 1 amide bonds. The van der Waals surface area contributed by atoms with Crippen molar-refractivity contribution in [1.82, 2.24) is 24.6 Å². The minimum Gasteiger partial charge on any atom is -0.389 e. The van der Waals surface area contributed by atoms with Gasteiger partial charge in [-0.25, -0.2) is 9.67 Å². The Bertz CT molecular complexity index is 942. The maximum absolute atomic E-state index is 12.6. The molecular weight excluding hydrogens is 390 g/mol. The lowest BCUT2D eigenvalue weighted by Crippen LogP contribution is -2.41. The Labute approximate surface area is 184 Å². The van der Waals surface area contributed by atoms with Crippen molar-refractivity contribution in [2.45, 2.75) is 45.8 Å². The predicted molar refractivity (Wildman–Crippen MR) is 121 cm³/mol. The zero-order valence-corrected chi connectivity index (χ0v) is 18.8. The quantitative estimate of drug-likeness (QED) is 0.773. The Kier molecular flexibility index (Phi) is 6.25. The van der Waals surface area contributed by atoms with E-state index in [0.717, 1.165) is 31.6 Å². The van der Waals surface area contributed by atoms with E-state index in [4.69, 9.17) is 0 Å². The highest BCUT2D eigenvalue weighted by atomic mass is 16.3. The van der Waals surface area contributed by atoms with Gasteiger partial charge in [-0.05, 0) is 50.3 Å². The smallest absolute Gasteiger partial charge is 0.237 e. The largest absolute Gasteiger partial charge is 0.389 e. The number of aromatic nitrogens is 3. The van der Waals surface area contributed by atoms with Crippen LogP contribution >= 0.6 is 0 Å². The summed E-state index contributed by atoms with van der Waals surface area (Å²) in [5.41, 5.74) is 2.59. The number of benzene rings is 1. The van der Waals surface area contributed by atoms with Crippen LogP contribution in [0.25, 0.3) is 17.0 Å². The Hall–Kier alpha value is -2.51. The summed E-state index contributed by atoms with van der Waals surface area (Å²) in [6.07, 6.45) is 5.90. The summed E-state index contributed by atoms with van der Waals surface area (Å²) in [5, 5.41) is 14.4. The molecule has 2 aliphatic heterocycles. The van der Waals surface area contributed by atoms with Crippen LogP contribution in [-0.4, -0.2) is 73.9 Å². The van der Waals surface area contributed by atoms with Gasteiger partial charge in [0.1, 0.15) is 6.33 Å². The number of carbonyl (C=O) groups is 1. The molecule has 1 aromatic heterocycles. The first-order valence-electron chi connectivity index (χ1n) is 11.2. The fourth-order valence-electron chi connectivity index (χ4n) is 4.35. The molecular formula is C24H33N5O2. The van der Waals surface area contributed by atoms with Crippen LogP contribution in [0, 0.1) is 5.92 Å². The number of aliphatic hydroxyl groups is 1. The fourth-order valence-corrected chi connectivity index (χ4v) is 4.35. The molecule has 2 aliphatic rings. The lowest BCUT2D eigenvalue weighted by atomic mass is 9.98. The Morgan fingerprint density at radius 1 is 1.19 bits per heavy atom. The van der Waals surface area contributed by atoms with Crippen molar-refractivity contribution in [1.29, 1.82) is 0 Å². The van der Waals surface area contributed by atoms with Crippen LogP contribution in [0.1, 0.15) is 39.2 Å². The van der Waals surface area contributed by atoms with Crippen LogP contribution in [0.15, 0.2) is 36.7 Å². The summed E-state index contributed by atoms with van der Waals surface area (Å²) in [6, 6.07) is 8.26. The third kappa shape index (κ3) is 5.60. The molecule has 166 valence electrons. The zero-order chi connectivity index (χ0) is 22.0. The lowest BCUT2D eigenvalue weighted by molar-refractivity contribution is -0.131. The Morgan fingerprint density at radius 3 is 2.55 bits per heavy atom. The number of nitrogens with zero attached hydrogens (tertiary/aromatic N) is 5. The number of rotatable bonds is 6. The van der Waals surface area contributed by atoms with Crippen LogP contribution in [0.4, 0.5) is 0 Å². The van der Waals surface area contributed by atoms with Crippen LogP contribution in [0.3, 0.4) is 0 Å². The highest BCUT2D eigenvalue weighted by molar-refractivity contribution is 5.80. The molecule has 3 heterocycles. The molecule has 1 fully saturated rings. The van der Waals surface area contributed by atoms with Crippen molar-refractivity contribution in [3.63, 3.8) is 0 Å². The second-order valence-corrected chi connectivity index (χ2v) is 9.60. The van der Waals surface area contributed by atoms with Gasteiger partial charge < -0.3 is 10.0 Å². The maximum Gasteiger partial charge on any atom is 0.237 e. The van der Waals surface area contributed by atoms with E-state index < -0.39 is 5.60 Å². The number of amides is 1. The minimum absolute atomic E-state index is 0.243. The number of likely N-dealkylation sites (tertiary alicyclic amines) is 1. The molecule has 2 aromatic rings. The van der Waals surface area contributed by atoms with Gasteiger partial charge in [0, 0.05) is 25.2 Å². The van der Waals surface area contributed by atoms with E-state index in [1.54, 1.807) is 24.9 Å². The standard InChI is InChI=1S/C24H33N5O2/c1-18-8-11-27(14-18)15-22(30)28-12-9-20(10-13-28)19-4-6-21(7-5-19)23-25-17-29(26-23)16-24(2,3)31/h4-7,9,17-18,31H,8,10-16H2,1-3H3/t18-/m0/s1. The molecule has 1 atom stereocenters. The Morgan fingerprint density at radius 2 is 1.94 bits per heavy atom. The van der Waals surface area contributed by atoms with Crippen LogP contribution in [0.5, 0.6) is 0 Å². The molecule has 0 unspecified atom stereocenters. The predicted octanol–water partition coefficient (Wildman–Crippen LogP) is 2.67. The topological polar surface area (TPSA) is 74.5 Å². The minimum atomic E-state index is -0.829. The van der Waals surface area contributed by atoms with E-state index >= 15 is 0 Å². The van der Waals surface area contributed by atoms with Crippen molar-refractivity contribution in [3.05, 3.63) is 42.2 Å². The number of hydrogen-bond acceptors (Lipinski definition) is 5. The molecule has 0 aliphatic carbocycles. The molecule has 0 spiro atoms. The van der Waals surface area contributed by atoms with E-state index in [9.17, 15) is 9.90 Å². The monoisotopic (exact) mass is 423 g/mol. The van der Waals surface area contributed by atoms with Gasteiger partial charge in [-0.3, -0.25) is 9.69 Å². The van der Waals surface area contributed by atoms with Crippen LogP contribution in [-0.2, 0) is 11.3 Å². The van der Waals surface area contributed by atoms with Gasteiger partial charge >= 0.3 is 0 Å². The van der Waals surface area contributed by atoms with Gasteiger partial charge in [-0.1, -0.05) is 37.3 Å². The van der Waals surface area contributed by atoms with E-state index in [1.807, 2.05) is 17.0 Å². The third-order valence-electron chi connectivity index (χ3n) is 6.03.